The largest absolute Gasteiger partial charge is 0.311 e. The number of carbonyl (C=O) groups is 1. The van der Waals surface area contributed by atoms with Crippen LogP contribution >= 0.6 is 0 Å². The molecule has 1 aliphatic heterocycles. The van der Waals surface area contributed by atoms with Crippen LogP contribution in [0.1, 0.15) is 55.4 Å². The van der Waals surface area contributed by atoms with Gasteiger partial charge in [-0.25, -0.2) is 0 Å². The monoisotopic (exact) mass is 369 g/mol. The normalized spacial score (nSPS) is 19.1. The number of piperidine rings is 1. The van der Waals surface area contributed by atoms with Crippen molar-refractivity contribution in [1.82, 2.24) is 19.7 Å². The minimum atomic E-state index is -0.0711. The van der Waals surface area contributed by atoms with E-state index < -0.39 is 0 Å². The van der Waals surface area contributed by atoms with Gasteiger partial charge in [-0.05, 0) is 70.2 Å². The van der Waals surface area contributed by atoms with Crippen LogP contribution < -0.4 is 5.32 Å². The highest BCUT2D eigenvalue weighted by Gasteiger charge is 2.26. The van der Waals surface area contributed by atoms with Crippen molar-refractivity contribution in [2.45, 2.75) is 53.0 Å². The molecule has 1 aliphatic rings. The average Bonchev–Trinajstić information content (AvgIpc) is 2.93. The summed E-state index contributed by atoms with van der Waals surface area (Å²) in [5.74, 6) is 1.33. The molecular formula is C21H31N5O. The maximum absolute atomic E-state index is 11.3. The fourth-order valence-corrected chi connectivity index (χ4v) is 4.17. The van der Waals surface area contributed by atoms with Crippen LogP contribution in [0.3, 0.4) is 0 Å². The quantitative estimate of drug-likeness (QED) is 0.877. The Labute approximate surface area is 162 Å². The number of anilines is 1. The highest BCUT2D eigenvalue weighted by Crippen LogP contribution is 2.29. The number of rotatable bonds is 5. The molecule has 0 aliphatic carbocycles. The van der Waals surface area contributed by atoms with Gasteiger partial charge in [0, 0.05) is 38.0 Å². The van der Waals surface area contributed by atoms with Crippen LogP contribution in [0.2, 0.25) is 0 Å². The van der Waals surface area contributed by atoms with Crippen molar-refractivity contribution in [2.75, 3.05) is 18.4 Å². The number of nitrogens with one attached hydrogen (secondary N) is 1. The van der Waals surface area contributed by atoms with E-state index in [1.807, 2.05) is 13.1 Å². The van der Waals surface area contributed by atoms with Crippen molar-refractivity contribution >= 4 is 11.7 Å². The number of carbonyl (C=O) groups excluding carboxylic acids is 1. The number of aromatic nitrogens is 3. The molecule has 0 bridgehead atoms. The molecule has 0 radical (unpaired) electrons. The van der Waals surface area contributed by atoms with Crippen molar-refractivity contribution in [2.24, 2.45) is 13.0 Å². The number of amides is 1. The van der Waals surface area contributed by atoms with Crippen LogP contribution in [-0.2, 0) is 18.3 Å². The van der Waals surface area contributed by atoms with Crippen LogP contribution in [0.25, 0.3) is 0 Å². The highest BCUT2D eigenvalue weighted by molar-refractivity contribution is 5.87. The molecular weight excluding hydrogens is 338 g/mol. The molecule has 3 rings (SSSR count). The molecule has 6 heteroatoms. The zero-order valence-electron chi connectivity index (χ0n) is 17.1. The Kier molecular flexibility index (Phi) is 5.95. The molecule has 1 unspecified atom stereocenters. The molecule has 1 N–H and O–H groups in total. The summed E-state index contributed by atoms with van der Waals surface area (Å²) in [6.45, 7) is 10.0. The summed E-state index contributed by atoms with van der Waals surface area (Å²) in [5.41, 5.74) is 4.61. The van der Waals surface area contributed by atoms with Gasteiger partial charge in [-0.1, -0.05) is 0 Å². The van der Waals surface area contributed by atoms with Gasteiger partial charge in [-0.2, -0.15) is 5.10 Å². The van der Waals surface area contributed by atoms with E-state index >= 15 is 0 Å². The van der Waals surface area contributed by atoms with Gasteiger partial charge in [0.05, 0.1) is 11.7 Å². The van der Waals surface area contributed by atoms with Gasteiger partial charge >= 0.3 is 0 Å². The lowest BCUT2D eigenvalue weighted by Gasteiger charge is -2.36. The van der Waals surface area contributed by atoms with Gasteiger partial charge in [0.2, 0.25) is 5.91 Å². The standard InChI is InChI=1S/C21H31N5O/c1-14-9-19(10-15(2)22-14)11-18-7-6-8-26(13-18)16(3)20-12-21(23-17(4)27)25(5)24-20/h9-10,12,16,18H,6-8,11,13H2,1-5H3,(H,23,27)/t16?,18-/m1/s1. The third-order valence-electron chi connectivity index (χ3n) is 5.39. The highest BCUT2D eigenvalue weighted by atomic mass is 16.1. The van der Waals surface area contributed by atoms with E-state index in [1.54, 1.807) is 4.68 Å². The number of nitrogens with zero attached hydrogens (tertiary/aromatic N) is 4. The van der Waals surface area contributed by atoms with Crippen LogP contribution in [0, 0.1) is 19.8 Å². The van der Waals surface area contributed by atoms with Gasteiger partial charge in [-0.3, -0.25) is 19.4 Å². The van der Waals surface area contributed by atoms with Crippen molar-refractivity contribution in [3.8, 4) is 0 Å². The van der Waals surface area contributed by atoms with Gasteiger partial charge in [-0.15, -0.1) is 0 Å². The third-order valence-corrected chi connectivity index (χ3v) is 5.39. The van der Waals surface area contributed by atoms with Crippen molar-refractivity contribution in [1.29, 1.82) is 0 Å². The Bertz CT molecular complexity index is 793. The predicted molar refractivity (Wildman–Crippen MR) is 108 cm³/mol. The van der Waals surface area contributed by atoms with Crippen LogP contribution in [0.5, 0.6) is 0 Å². The van der Waals surface area contributed by atoms with Crippen LogP contribution in [0.4, 0.5) is 5.82 Å². The Morgan fingerprint density at radius 1 is 1.30 bits per heavy atom. The van der Waals surface area contributed by atoms with Gasteiger partial charge in [0.1, 0.15) is 5.82 Å². The number of hydrogen-bond acceptors (Lipinski definition) is 4. The lowest BCUT2D eigenvalue weighted by Crippen LogP contribution is -2.38. The SMILES string of the molecule is CC(=O)Nc1cc(C(C)N2CCC[C@H](Cc3cc(C)nc(C)c3)C2)nn1C. The number of aryl methyl sites for hydroxylation is 3. The summed E-state index contributed by atoms with van der Waals surface area (Å²) in [7, 11) is 1.87. The van der Waals surface area contributed by atoms with Gasteiger partial charge < -0.3 is 5.32 Å². The molecule has 146 valence electrons. The topological polar surface area (TPSA) is 63.1 Å². The molecule has 1 saturated heterocycles. The van der Waals surface area contributed by atoms with Crippen molar-refractivity contribution in [3.63, 3.8) is 0 Å². The molecule has 6 nitrogen and oxygen atoms in total. The first-order valence-electron chi connectivity index (χ1n) is 9.81. The van der Waals surface area contributed by atoms with E-state index in [4.69, 9.17) is 0 Å². The molecule has 1 fully saturated rings. The first-order valence-corrected chi connectivity index (χ1v) is 9.81. The second-order valence-electron chi connectivity index (χ2n) is 7.90. The molecule has 0 spiro atoms. The maximum atomic E-state index is 11.3. The minimum Gasteiger partial charge on any atom is -0.311 e. The summed E-state index contributed by atoms with van der Waals surface area (Å²) >= 11 is 0. The van der Waals surface area contributed by atoms with Crippen LogP contribution in [-0.4, -0.2) is 38.7 Å². The van der Waals surface area contributed by atoms with E-state index in [1.165, 1.54) is 25.3 Å². The summed E-state index contributed by atoms with van der Waals surface area (Å²) in [5, 5.41) is 7.46. The van der Waals surface area contributed by atoms with E-state index in [2.05, 4.69) is 53.2 Å². The van der Waals surface area contributed by atoms with Gasteiger partial charge in [0.25, 0.3) is 0 Å². The average molecular weight is 370 g/mol. The number of pyridine rings is 1. The molecule has 0 aromatic carbocycles. The lowest BCUT2D eigenvalue weighted by molar-refractivity contribution is -0.114. The number of likely N-dealkylation sites (tertiary alicyclic amines) is 1. The number of hydrogen-bond donors (Lipinski definition) is 1. The molecule has 0 saturated carbocycles. The Balaban J connectivity index is 1.67. The fourth-order valence-electron chi connectivity index (χ4n) is 4.17. The molecule has 2 aromatic heterocycles. The zero-order valence-corrected chi connectivity index (χ0v) is 17.1. The third kappa shape index (κ3) is 4.95. The predicted octanol–water partition coefficient (Wildman–Crippen LogP) is 3.41. The second kappa shape index (κ2) is 8.21. The summed E-state index contributed by atoms with van der Waals surface area (Å²) in [4.78, 5) is 18.4. The fraction of sp³-hybridized carbons (Fsp3) is 0.571. The molecule has 2 atom stereocenters. The molecule has 3 heterocycles. The second-order valence-corrected chi connectivity index (χ2v) is 7.90. The first-order chi connectivity index (χ1) is 12.8. The van der Waals surface area contributed by atoms with Crippen LogP contribution in [0.15, 0.2) is 18.2 Å². The van der Waals surface area contributed by atoms with E-state index in [-0.39, 0.29) is 11.9 Å². The van der Waals surface area contributed by atoms with E-state index in [0.717, 1.165) is 42.4 Å². The minimum absolute atomic E-state index is 0.0711. The maximum Gasteiger partial charge on any atom is 0.222 e. The van der Waals surface area contributed by atoms with Gasteiger partial charge in [0.15, 0.2) is 0 Å². The molecule has 27 heavy (non-hydrogen) atoms. The first kappa shape index (κ1) is 19.5. The van der Waals surface area contributed by atoms with E-state index in [9.17, 15) is 4.79 Å². The smallest absolute Gasteiger partial charge is 0.222 e. The summed E-state index contributed by atoms with van der Waals surface area (Å²) in [6, 6.07) is 6.66. The molecule has 2 aromatic rings. The van der Waals surface area contributed by atoms with E-state index in [0.29, 0.717) is 5.92 Å². The summed E-state index contributed by atoms with van der Waals surface area (Å²) < 4.78 is 1.75. The van der Waals surface area contributed by atoms with Crippen molar-refractivity contribution < 1.29 is 4.79 Å². The Hall–Kier alpha value is -2.21. The summed E-state index contributed by atoms with van der Waals surface area (Å²) in [6.07, 6.45) is 3.58. The van der Waals surface area contributed by atoms with Crippen molar-refractivity contribution in [3.05, 3.63) is 40.8 Å². The molecule has 1 amide bonds. The lowest BCUT2D eigenvalue weighted by atomic mass is 9.90. The zero-order chi connectivity index (χ0) is 19.6. The Morgan fingerprint density at radius 2 is 2.00 bits per heavy atom. The Morgan fingerprint density at radius 3 is 2.67 bits per heavy atom.